The zero-order valence-electron chi connectivity index (χ0n) is 18.5. The average molecular weight is 445 g/mol. The lowest BCUT2D eigenvalue weighted by Crippen LogP contribution is -2.01. The fourth-order valence-electron chi connectivity index (χ4n) is 4.09. The van der Waals surface area contributed by atoms with Crippen LogP contribution in [-0.2, 0) is 0 Å². The minimum atomic E-state index is -0.231. The number of hydrogen-bond donors (Lipinski definition) is 2. The number of benzene rings is 5. The number of hydrogen-bond acceptors (Lipinski definition) is 4. The molecular weight excluding hydrogens is 420 g/mol. The molecule has 0 aliphatic rings. The Balaban J connectivity index is 1.42. The third-order valence-electron chi connectivity index (χ3n) is 5.95. The molecule has 34 heavy (non-hydrogen) atoms. The predicted molar refractivity (Wildman–Crippen MR) is 140 cm³/mol. The van der Waals surface area contributed by atoms with E-state index in [0.29, 0.717) is 17.7 Å². The summed E-state index contributed by atoms with van der Waals surface area (Å²) in [6, 6.07) is 32.9. The van der Waals surface area contributed by atoms with Crippen LogP contribution in [0.1, 0.15) is 22.7 Å². The molecule has 5 aromatic carbocycles. The largest absolute Gasteiger partial charge is 0.507 e. The fraction of sp³-hybridized carbons (Fsp3) is 0.0667. The van der Waals surface area contributed by atoms with Crippen molar-refractivity contribution < 1.29 is 10.2 Å². The summed E-state index contributed by atoms with van der Waals surface area (Å²) in [5, 5.41) is 24.9. The summed E-state index contributed by atoms with van der Waals surface area (Å²) < 4.78 is 0. The van der Waals surface area contributed by atoms with Crippen molar-refractivity contribution in [2.24, 2.45) is 9.98 Å². The van der Waals surface area contributed by atoms with Crippen LogP contribution in [0.15, 0.2) is 113 Å². The highest BCUT2D eigenvalue weighted by atomic mass is 16.3. The van der Waals surface area contributed by atoms with Crippen LogP contribution in [-0.4, -0.2) is 29.2 Å². The van der Waals surface area contributed by atoms with Crippen molar-refractivity contribution in [2.45, 2.75) is 6.04 Å². The van der Waals surface area contributed by atoms with Crippen molar-refractivity contribution in [1.29, 1.82) is 0 Å². The Morgan fingerprint density at radius 2 is 1.12 bits per heavy atom. The van der Waals surface area contributed by atoms with Gasteiger partial charge in [-0.05, 0) is 28.5 Å². The number of aliphatic imine (C=N–C) groups is 2. The second-order valence-electron chi connectivity index (χ2n) is 8.15. The topological polar surface area (TPSA) is 65.2 Å². The molecule has 0 heterocycles. The summed E-state index contributed by atoms with van der Waals surface area (Å²) >= 11 is 0. The van der Waals surface area contributed by atoms with Gasteiger partial charge in [0.2, 0.25) is 0 Å². The lowest BCUT2D eigenvalue weighted by atomic mass is 10.0. The fourth-order valence-corrected chi connectivity index (χ4v) is 4.09. The third kappa shape index (κ3) is 4.39. The van der Waals surface area contributed by atoms with Crippen LogP contribution in [0.5, 0.6) is 11.5 Å². The van der Waals surface area contributed by atoms with E-state index in [1.165, 1.54) is 0 Å². The van der Waals surface area contributed by atoms with Crippen molar-refractivity contribution in [2.75, 3.05) is 6.54 Å². The van der Waals surface area contributed by atoms with Crippen LogP contribution in [0, 0.1) is 0 Å². The van der Waals surface area contributed by atoms with E-state index in [0.717, 1.165) is 27.1 Å². The first kappa shape index (κ1) is 21.4. The monoisotopic (exact) mass is 444 g/mol. The number of nitrogens with zero attached hydrogens (tertiary/aromatic N) is 2. The van der Waals surface area contributed by atoms with Gasteiger partial charge in [0.25, 0.3) is 0 Å². The first-order valence-corrected chi connectivity index (χ1v) is 11.2. The van der Waals surface area contributed by atoms with Crippen LogP contribution < -0.4 is 0 Å². The number of phenols is 2. The molecule has 166 valence electrons. The van der Waals surface area contributed by atoms with E-state index < -0.39 is 0 Å². The molecule has 0 saturated heterocycles. The smallest absolute Gasteiger partial charge is 0.132 e. The van der Waals surface area contributed by atoms with Crippen molar-refractivity contribution in [3.05, 3.63) is 120 Å². The molecule has 5 aromatic rings. The van der Waals surface area contributed by atoms with Crippen LogP contribution in [0.4, 0.5) is 0 Å². The highest BCUT2D eigenvalue weighted by Gasteiger charge is 2.10. The molecule has 1 unspecified atom stereocenters. The molecule has 1 atom stereocenters. The standard InChI is InChI=1S/C30H24N2O2/c33-29-24(16-14-21-8-4-6-12-26(21)29)18-31-20-28(23-10-2-1-3-11-23)32-19-25-17-15-22-9-5-7-13-27(22)30(25)34/h1-19,28,33-34H,20H2. The van der Waals surface area contributed by atoms with Gasteiger partial charge in [0.1, 0.15) is 11.5 Å². The van der Waals surface area contributed by atoms with E-state index >= 15 is 0 Å². The zero-order chi connectivity index (χ0) is 23.3. The molecule has 0 aliphatic heterocycles. The predicted octanol–water partition coefficient (Wildman–Crippen LogP) is 6.68. The van der Waals surface area contributed by atoms with E-state index in [1.807, 2.05) is 103 Å². The van der Waals surface area contributed by atoms with Gasteiger partial charge in [-0.3, -0.25) is 9.98 Å². The Labute approximate surface area is 198 Å². The van der Waals surface area contributed by atoms with Crippen LogP contribution in [0.3, 0.4) is 0 Å². The molecule has 0 bridgehead atoms. The number of aromatic hydroxyl groups is 2. The Morgan fingerprint density at radius 1 is 0.588 bits per heavy atom. The van der Waals surface area contributed by atoms with Crippen LogP contribution in [0.2, 0.25) is 0 Å². The first-order valence-electron chi connectivity index (χ1n) is 11.2. The van der Waals surface area contributed by atoms with Crippen molar-refractivity contribution in [3.8, 4) is 11.5 Å². The van der Waals surface area contributed by atoms with E-state index in [1.54, 1.807) is 12.4 Å². The maximum absolute atomic E-state index is 10.7. The minimum Gasteiger partial charge on any atom is -0.507 e. The van der Waals surface area contributed by atoms with Gasteiger partial charge >= 0.3 is 0 Å². The Morgan fingerprint density at radius 3 is 1.74 bits per heavy atom. The molecule has 4 heteroatoms. The van der Waals surface area contributed by atoms with Crippen LogP contribution in [0.25, 0.3) is 21.5 Å². The van der Waals surface area contributed by atoms with E-state index in [-0.39, 0.29) is 17.5 Å². The summed E-state index contributed by atoms with van der Waals surface area (Å²) in [5.41, 5.74) is 2.36. The molecule has 0 radical (unpaired) electrons. The van der Waals surface area contributed by atoms with Gasteiger partial charge in [0.05, 0.1) is 12.6 Å². The highest BCUT2D eigenvalue weighted by molar-refractivity contribution is 5.98. The molecular formula is C30H24N2O2. The summed E-state index contributed by atoms with van der Waals surface area (Å²) in [7, 11) is 0. The third-order valence-corrected chi connectivity index (χ3v) is 5.95. The van der Waals surface area contributed by atoms with Gasteiger partial charge in [0.15, 0.2) is 0 Å². The summed E-state index contributed by atoms with van der Waals surface area (Å²) in [4.78, 5) is 9.38. The lowest BCUT2D eigenvalue weighted by Gasteiger charge is -2.11. The Bertz CT molecular complexity index is 1510. The summed E-state index contributed by atoms with van der Waals surface area (Å²) in [6.07, 6.45) is 3.41. The van der Waals surface area contributed by atoms with Crippen molar-refractivity contribution in [3.63, 3.8) is 0 Å². The van der Waals surface area contributed by atoms with Gasteiger partial charge < -0.3 is 10.2 Å². The van der Waals surface area contributed by atoms with Gasteiger partial charge in [-0.2, -0.15) is 0 Å². The first-order chi connectivity index (χ1) is 16.7. The highest BCUT2D eigenvalue weighted by Crippen LogP contribution is 2.29. The van der Waals surface area contributed by atoms with E-state index in [2.05, 4.69) is 4.99 Å². The second-order valence-corrected chi connectivity index (χ2v) is 8.15. The summed E-state index contributed by atoms with van der Waals surface area (Å²) in [6.45, 7) is 0.404. The SMILES string of the molecule is Oc1c(C=NCC(N=Cc2ccc3ccccc3c2O)c2ccccc2)ccc2ccccc12. The number of rotatable bonds is 6. The molecule has 0 saturated carbocycles. The second kappa shape index (κ2) is 9.59. The quantitative estimate of drug-likeness (QED) is 0.287. The summed E-state index contributed by atoms with van der Waals surface area (Å²) in [5.74, 6) is 0.445. The maximum atomic E-state index is 10.7. The molecule has 0 amide bonds. The molecule has 0 aliphatic carbocycles. The molecule has 5 rings (SSSR count). The molecule has 4 nitrogen and oxygen atoms in total. The average Bonchev–Trinajstić information content (AvgIpc) is 2.89. The molecule has 2 N–H and O–H groups in total. The van der Waals surface area contributed by atoms with Gasteiger partial charge in [-0.25, -0.2) is 0 Å². The molecule has 0 spiro atoms. The maximum Gasteiger partial charge on any atom is 0.132 e. The zero-order valence-corrected chi connectivity index (χ0v) is 18.5. The lowest BCUT2D eigenvalue weighted by molar-refractivity contribution is 0.480. The Kier molecular flexibility index (Phi) is 6.04. The molecule has 0 aromatic heterocycles. The van der Waals surface area contributed by atoms with E-state index in [9.17, 15) is 10.2 Å². The minimum absolute atomic E-state index is 0.221. The van der Waals surface area contributed by atoms with Gasteiger partial charge in [-0.15, -0.1) is 0 Å². The van der Waals surface area contributed by atoms with Gasteiger partial charge in [-0.1, -0.05) is 91.0 Å². The van der Waals surface area contributed by atoms with E-state index in [4.69, 9.17) is 4.99 Å². The number of fused-ring (bicyclic) bond motifs is 2. The van der Waals surface area contributed by atoms with Crippen molar-refractivity contribution >= 4 is 34.0 Å². The van der Waals surface area contributed by atoms with Crippen LogP contribution >= 0.6 is 0 Å². The Hall–Kier alpha value is -4.44. The van der Waals surface area contributed by atoms with Crippen molar-refractivity contribution in [1.82, 2.24) is 0 Å². The van der Waals surface area contributed by atoms with Gasteiger partial charge in [0, 0.05) is 34.3 Å². The number of phenolic OH excluding ortho intramolecular Hbond substituents is 2. The normalized spacial score (nSPS) is 12.7. The molecule has 0 fully saturated rings.